The Morgan fingerprint density at radius 2 is 1.63 bits per heavy atom. The number of likely N-dealkylation sites (N-methyl/N-ethyl adjacent to an activating group) is 1. The second-order valence-corrected chi connectivity index (χ2v) is 7.24. The molecule has 0 heterocycles. The fourth-order valence-electron chi connectivity index (χ4n) is 2.69. The molecule has 0 radical (unpaired) electrons. The molecule has 0 aliphatic heterocycles. The molecule has 0 spiro atoms. The maximum absolute atomic E-state index is 13.3. The summed E-state index contributed by atoms with van der Waals surface area (Å²) in [6.07, 6.45) is 0. The average Bonchev–Trinajstić information content (AvgIpc) is 2.68. The van der Waals surface area contributed by atoms with Crippen LogP contribution in [0.4, 0.5) is 11.4 Å². The van der Waals surface area contributed by atoms with E-state index in [1.807, 2.05) is 42.5 Å². The lowest BCUT2D eigenvalue weighted by atomic mass is 10.0. The number of amides is 1. The van der Waals surface area contributed by atoms with E-state index in [-0.39, 0.29) is 5.91 Å². The summed E-state index contributed by atoms with van der Waals surface area (Å²) in [4.78, 5) is 14.9. The van der Waals surface area contributed by atoms with Gasteiger partial charge in [0.2, 0.25) is 0 Å². The predicted molar refractivity (Wildman–Crippen MR) is 114 cm³/mol. The van der Waals surface area contributed by atoms with E-state index in [0.717, 1.165) is 5.56 Å². The van der Waals surface area contributed by atoms with Gasteiger partial charge in [-0.3, -0.25) is 4.79 Å². The highest BCUT2D eigenvalue weighted by molar-refractivity contribution is 6.42. The number of hydrogen-bond acceptors (Lipinski definition) is 2. The van der Waals surface area contributed by atoms with Crippen molar-refractivity contribution in [1.82, 2.24) is 0 Å². The van der Waals surface area contributed by atoms with Crippen molar-refractivity contribution in [2.45, 2.75) is 6.04 Å². The van der Waals surface area contributed by atoms with Crippen LogP contribution in [0.2, 0.25) is 15.1 Å². The average molecular weight is 420 g/mol. The van der Waals surface area contributed by atoms with Crippen LogP contribution in [-0.2, 0) is 4.79 Å². The SMILES string of the molecule is CN(C(=O)C(Nc1ccc(Cl)c(Cl)c1)c1ccccc1)c1cccc(Cl)c1. The van der Waals surface area contributed by atoms with Crippen LogP contribution in [0.3, 0.4) is 0 Å². The molecule has 1 N–H and O–H groups in total. The molecule has 0 aliphatic carbocycles. The monoisotopic (exact) mass is 418 g/mol. The summed E-state index contributed by atoms with van der Waals surface area (Å²) in [5.41, 5.74) is 2.25. The molecule has 6 heteroatoms. The summed E-state index contributed by atoms with van der Waals surface area (Å²) in [7, 11) is 1.72. The highest BCUT2D eigenvalue weighted by atomic mass is 35.5. The molecule has 0 aromatic heterocycles. The van der Waals surface area contributed by atoms with Gasteiger partial charge in [-0.15, -0.1) is 0 Å². The summed E-state index contributed by atoms with van der Waals surface area (Å²) in [5.74, 6) is -0.130. The maximum atomic E-state index is 13.3. The highest BCUT2D eigenvalue weighted by Crippen LogP contribution is 2.29. The first kappa shape index (κ1) is 19.6. The standard InChI is InChI=1S/C21H17Cl3N2O/c1-26(17-9-5-8-15(22)12-17)21(27)20(14-6-3-2-4-7-14)25-16-10-11-18(23)19(24)13-16/h2-13,20,25H,1H3. The Bertz CT molecular complexity index is 947. The van der Waals surface area contributed by atoms with Crippen LogP contribution in [0, 0.1) is 0 Å². The fraction of sp³-hybridized carbons (Fsp3) is 0.0952. The second-order valence-electron chi connectivity index (χ2n) is 5.99. The molecule has 0 bridgehead atoms. The minimum atomic E-state index is -0.604. The lowest BCUT2D eigenvalue weighted by Crippen LogP contribution is -2.35. The van der Waals surface area contributed by atoms with Gasteiger partial charge in [0, 0.05) is 23.4 Å². The molecule has 0 saturated carbocycles. The van der Waals surface area contributed by atoms with Crippen LogP contribution in [0.1, 0.15) is 11.6 Å². The van der Waals surface area contributed by atoms with Crippen LogP contribution in [-0.4, -0.2) is 13.0 Å². The molecule has 1 atom stereocenters. The number of anilines is 2. The van der Waals surface area contributed by atoms with Gasteiger partial charge in [-0.05, 0) is 42.0 Å². The van der Waals surface area contributed by atoms with Crippen molar-refractivity contribution in [1.29, 1.82) is 0 Å². The van der Waals surface area contributed by atoms with Gasteiger partial charge in [-0.2, -0.15) is 0 Å². The van der Waals surface area contributed by atoms with Crippen molar-refractivity contribution in [3.8, 4) is 0 Å². The quantitative estimate of drug-likeness (QED) is 0.514. The van der Waals surface area contributed by atoms with E-state index >= 15 is 0 Å². The molecule has 0 saturated heterocycles. The third-order valence-corrected chi connectivity index (χ3v) is 5.11. The normalized spacial score (nSPS) is 11.7. The number of benzene rings is 3. The number of nitrogens with zero attached hydrogens (tertiary/aromatic N) is 1. The van der Waals surface area contributed by atoms with E-state index in [1.165, 1.54) is 0 Å². The van der Waals surface area contributed by atoms with Crippen molar-refractivity contribution < 1.29 is 4.79 Å². The van der Waals surface area contributed by atoms with Crippen molar-refractivity contribution in [2.75, 3.05) is 17.3 Å². The smallest absolute Gasteiger partial charge is 0.253 e. The van der Waals surface area contributed by atoms with E-state index in [1.54, 1.807) is 42.3 Å². The molecule has 3 aromatic carbocycles. The zero-order valence-corrected chi connectivity index (χ0v) is 16.8. The first-order valence-electron chi connectivity index (χ1n) is 8.25. The van der Waals surface area contributed by atoms with Crippen LogP contribution in [0.15, 0.2) is 72.8 Å². The Morgan fingerprint density at radius 3 is 2.30 bits per heavy atom. The Hall–Kier alpha value is -2.20. The summed E-state index contributed by atoms with van der Waals surface area (Å²) in [6.45, 7) is 0. The fourth-order valence-corrected chi connectivity index (χ4v) is 3.17. The molecule has 3 nitrogen and oxygen atoms in total. The van der Waals surface area contributed by atoms with Gasteiger partial charge in [-0.25, -0.2) is 0 Å². The van der Waals surface area contributed by atoms with Gasteiger partial charge in [-0.1, -0.05) is 71.2 Å². The number of carbonyl (C=O) groups excluding carboxylic acids is 1. The third-order valence-electron chi connectivity index (χ3n) is 4.14. The Labute approximate surface area is 173 Å². The zero-order chi connectivity index (χ0) is 19.4. The first-order valence-corrected chi connectivity index (χ1v) is 9.39. The van der Waals surface area contributed by atoms with Gasteiger partial charge in [0.25, 0.3) is 5.91 Å². The van der Waals surface area contributed by atoms with Gasteiger partial charge >= 0.3 is 0 Å². The maximum Gasteiger partial charge on any atom is 0.253 e. The molecule has 27 heavy (non-hydrogen) atoms. The van der Waals surface area contributed by atoms with Crippen LogP contribution in [0.5, 0.6) is 0 Å². The van der Waals surface area contributed by atoms with Gasteiger partial charge in [0.1, 0.15) is 6.04 Å². The Morgan fingerprint density at radius 1 is 0.889 bits per heavy atom. The van der Waals surface area contributed by atoms with Crippen LogP contribution >= 0.6 is 34.8 Å². The molecular formula is C21H17Cl3N2O. The largest absolute Gasteiger partial charge is 0.370 e. The van der Waals surface area contributed by atoms with Gasteiger partial charge in [0.05, 0.1) is 10.0 Å². The number of rotatable bonds is 5. The number of halogens is 3. The summed E-state index contributed by atoms with van der Waals surface area (Å²) in [6, 6.07) is 21.2. The molecule has 138 valence electrons. The zero-order valence-electron chi connectivity index (χ0n) is 14.5. The van der Waals surface area contributed by atoms with E-state index < -0.39 is 6.04 Å². The second kappa shape index (κ2) is 8.66. The third kappa shape index (κ3) is 4.75. The summed E-state index contributed by atoms with van der Waals surface area (Å²) < 4.78 is 0. The first-order chi connectivity index (χ1) is 13.0. The van der Waals surface area contributed by atoms with Gasteiger partial charge in [0.15, 0.2) is 0 Å². The van der Waals surface area contributed by atoms with E-state index in [9.17, 15) is 4.79 Å². The minimum Gasteiger partial charge on any atom is -0.370 e. The number of carbonyl (C=O) groups is 1. The topological polar surface area (TPSA) is 32.3 Å². The summed E-state index contributed by atoms with van der Waals surface area (Å²) in [5, 5.41) is 4.71. The van der Waals surface area contributed by atoms with E-state index in [0.29, 0.717) is 26.4 Å². The van der Waals surface area contributed by atoms with Crippen molar-refractivity contribution in [3.05, 3.63) is 93.4 Å². The lowest BCUT2D eigenvalue weighted by Gasteiger charge is -2.26. The summed E-state index contributed by atoms with van der Waals surface area (Å²) >= 11 is 18.2. The van der Waals surface area contributed by atoms with Crippen LogP contribution < -0.4 is 10.2 Å². The Kier molecular flexibility index (Phi) is 6.27. The Balaban J connectivity index is 1.94. The molecule has 1 amide bonds. The lowest BCUT2D eigenvalue weighted by molar-refractivity contribution is -0.119. The number of nitrogens with one attached hydrogen (secondary N) is 1. The molecule has 1 unspecified atom stereocenters. The van der Waals surface area contributed by atoms with Crippen molar-refractivity contribution in [2.24, 2.45) is 0 Å². The number of hydrogen-bond donors (Lipinski definition) is 1. The van der Waals surface area contributed by atoms with E-state index in [4.69, 9.17) is 34.8 Å². The molecule has 0 fully saturated rings. The molecule has 3 rings (SSSR count). The molecule has 3 aromatic rings. The van der Waals surface area contributed by atoms with Gasteiger partial charge < -0.3 is 10.2 Å². The van der Waals surface area contributed by atoms with Crippen LogP contribution in [0.25, 0.3) is 0 Å². The highest BCUT2D eigenvalue weighted by Gasteiger charge is 2.25. The van der Waals surface area contributed by atoms with E-state index in [2.05, 4.69) is 5.32 Å². The molecular weight excluding hydrogens is 403 g/mol. The minimum absolute atomic E-state index is 0.130. The predicted octanol–water partition coefficient (Wildman–Crippen LogP) is 6.46. The van der Waals surface area contributed by atoms with Crippen molar-refractivity contribution in [3.63, 3.8) is 0 Å². The van der Waals surface area contributed by atoms with Crippen molar-refractivity contribution >= 4 is 52.1 Å². The molecule has 0 aliphatic rings.